The fourth-order valence-corrected chi connectivity index (χ4v) is 1.55. The van der Waals surface area contributed by atoms with Crippen LogP contribution in [0, 0.1) is 0 Å². The zero-order chi connectivity index (χ0) is 9.26. The Bertz CT molecular complexity index is 283. The summed E-state index contributed by atoms with van der Waals surface area (Å²) in [6.45, 7) is 1.17. The van der Waals surface area contributed by atoms with Crippen LogP contribution < -0.4 is 0 Å². The van der Waals surface area contributed by atoms with Crippen LogP contribution in [0.2, 0.25) is 0 Å². The molecule has 0 aromatic carbocycles. The SMILES string of the molecule is O=C(Cl)C1=CC2OCCOC2C=C1. The van der Waals surface area contributed by atoms with E-state index >= 15 is 0 Å². The summed E-state index contributed by atoms with van der Waals surface area (Å²) in [5, 5.41) is -0.455. The standard InChI is InChI=1S/C9H9ClO3/c10-9(11)6-1-2-7-8(5-6)13-4-3-12-7/h1-2,5,7-8H,3-4H2. The van der Waals surface area contributed by atoms with Crippen molar-refractivity contribution >= 4 is 16.8 Å². The molecule has 0 bridgehead atoms. The van der Waals surface area contributed by atoms with Crippen LogP contribution in [0.3, 0.4) is 0 Å². The summed E-state index contributed by atoms with van der Waals surface area (Å²) in [6, 6.07) is 0. The summed E-state index contributed by atoms with van der Waals surface area (Å²) in [7, 11) is 0. The fraction of sp³-hybridized carbons (Fsp3) is 0.444. The van der Waals surface area contributed by atoms with Gasteiger partial charge in [-0.05, 0) is 17.7 Å². The van der Waals surface area contributed by atoms with E-state index in [1.807, 2.05) is 0 Å². The van der Waals surface area contributed by atoms with Gasteiger partial charge in [0.1, 0.15) is 12.2 Å². The lowest BCUT2D eigenvalue weighted by atomic mass is 10.0. The maximum Gasteiger partial charge on any atom is 0.252 e. The van der Waals surface area contributed by atoms with Gasteiger partial charge >= 0.3 is 0 Å². The third-order valence-electron chi connectivity index (χ3n) is 2.06. The van der Waals surface area contributed by atoms with Gasteiger partial charge in [0.2, 0.25) is 0 Å². The number of allylic oxidation sites excluding steroid dienone is 2. The number of carbonyl (C=O) groups is 1. The Morgan fingerprint density at radius 2 is 2.08 bits per heavy atom. The predicted octanol–water partition coefficient (Wildman–Crippen LogP) is 1.03. The molecule has 2 rings (SSSR count). The lowest BCUT2D eigenvalue weighted by molar-refractivity contribution is -0.110. The molecule has 1 aliphatic carbocycles. The Morgan fingerprint density at radius 3 is 2.77 bits per heavy atom. The molecular formula is C9H9ClO3. The van der Waals surface area contributed by atoms with Gasteiger partial charge in [-0.3, -0.25) is 4.79 Å². The summed E-state index contributed by atoms with van der Waals surface area (Å²) in [5.41, 5.74) is 0.480. The van der Waals surface area contributed by atoms with Crippen molar-refractivity contribution in [3.05, 3.63) is 23.8 Å². The molecule has 0 aromatic heterocycles. The lowest BCUT2D eigenvalue weighted by Gasteiger charge is -2.30. The molecule has 2 aliphatic rings. The van der Waals surface area contributed by atoms with E-state index in [0.717, 1.165) is 0 Å². The zero-order valence-electron chi connectivity index (χ0n) is 6.90. The van der Waals surface area contributed by atoms with E-state index in [2.05, 4.69) is 0 Å². The number of carbonyl (C=O) groups excluding carboxylic acids is 1. The second-order valence-electron chi connectivity index (χ2n) is 2.93. The van der Waals surface area contributed by atoms with Gasteiger partial charge in [0.05, 0.1) is 13.2 Å². The third kappa shape index (κ3) is 1.82. The Hall–Kier alpha value is -0.640. The minimum atomic E-state index is -0.455. The van der Waals surface area contributed by atoms with E-state index in [0.29, 0.717) is 18.8 Å². The Balaban J connectivity index is 2.16. The van der Waals surface area contributed by atoms with Crippen LogP contribution in [0.5, 0.6) is 0 Å². The monoisotopic (exact) mass is 200 g/mol. The lowest BCUT2D eigenvalue weighted by Crippen LogP contribution is -2.37. The highest BCUT2D eigenvalue weighted by atomic mass is 35.5. The average Bonchev–Trinajstić information content (AvgIpc) is 2.17. The van der Waals surface area contributed by atoms with Crippen LogP contribution in [-0.2, 0) is 14.3 Å². The Morgan fingerprint density at radius 1 is 1.38 bits per heavy atom. The first-order valence-corrected chi connectivity index (χ1v) is 4.48. The van der Waals surface area contributed by atoms with Gasteiger partial charge in [-0.15, -0.1) is 0 Å². The maximum atomic E-state index is 10.8. The van der Waals surface area contributed by atoms with Crippen molar-refractivity contribution in [2.75, 3.05) is 13.2 Å². The van der Waals surface area contributed by atoms with E-state index in [9.17, 15) is 4.79 Å². The minimum absolute atomic E-state index is 0.0616. The molecule has 0 saturated carbocycles. The van der Waals surface area contributed by atoms with E-state index in [4.69, 9.17) is 21.1 Å². The number of halogens is 1. The molecule has 1 fully saturated rings. The maximum absolute atomic E-state index is 10.8. The summed E-state index contributed by atoms with van der Waals surface area (Å²) in [4.78, 5) is 10.8. The van der Waals surface area contributed by atoms with Gasteiger partial charge in [-0.1, -0.05) is 12.2 Å². The molecule has 0 amide bonds. The average molecular weight is 201 g/mol. The van der Waals surface area contributed by atoms with Crippen molar-refractivity contribution in [1.29, 1.82) is 0 Å². The normalized spacial score (nSPS) is 32.2. The molecule has 0 radical (unpaired) electrons. The second-order valence-corrected chi connectivity index (χ2v) is 3.27. The molecular weight excluding hydrogens is 192 g/mol. The largest absolute Gasteiger partial charge is 0.369 e. The topological polar surface area (TPSA) is 35.5 Å². The van der Waals surface area contributed by atoms with Gasteiger partial charge in [0, 0.05) is 5.57 Å². The summed E-state index contributed by atoms with van der Waals surface area (Å²) in [6.07, 6.45) is 4.97. The zero-order valence-corrected chi connectivity index (χ0v) is 7.66. The number of fused-ring (bicyclic) bond motifs is 1. The molecule has 70 valence electrons. The van der Waals surface area contributed by atoms with Crippen LogP contribution in [0.25, 0.3) is 0 Å². The van der Waals surface area contributed by atoms with Gasteiger partial charge in [0.15, 0.2) is 0 Å². The van der Waals surface area contributed by atoms with Crippen molar-refractivity contribution in [3.8, 4) is 0 Å². The summed E-state index contributed by atoms with van der Waals surface area (Å²) < 4.78 is 10.8. The Labute approximate surface area is 81.0 Å². The van der Waals surface area contributed by atoms with Crippen molar-refractivity contribution in [1.82, 2.24) is 0 Å². The predicted molar refractivity (Wildman–Crippen MR) is 47.6 cm³/mol. The molecule has 1 saturated heterocycles. The van der Waals surface area contributed by atoms with Crippen LogP contribution in [-0.4, -0.2) is 30.7 Å². The van der Waals surface area contributed by atoms with Gasteiger partial charge in [-0.25, -0.2) is 0 Å². The minimum Gasteiger partial charge on any atom is -0.369 e. The van der Waals surface area contributed by atoms with Gasteiger partial charge in [-0.2, -0.15) is 0 Å². The van der Waals surface area contributed by atoms with Crippen LogP contribution >= 0.6 is 11.6 Å². The van der Waals surface area contributed by atoms with E-state index in [1.54, 1.807) is 18.2 Å². The van der Waals surface area contributed by atoms with Crippen LogP contribution in [0.4, 0.5) is 0 Å². The summed E-state index contributed by atoms with van der Waals surface area (Å²) in [5.74, 6) is 0. The number of ether oxygens (including phenoxy) is 2. The highest BCUT2D eigenvalue weighted by Crippen LogP contribution is 2.21. The number of rotatable bonds is 1. The summed E-state index contributed by atoms with van der Waals surface area (Å²) >= 11 is 5.33. The van der Waals surface area contributed by atoms with Gasteiger partial charge < -0.3 is 9.47 Å². The molecule has 0 N–H and O–H groups in total. The van der Waals surface area contributed by atoms with Crippen molar-refractivity contribution in [3.63, 3.8) is 0 Å². The van der Waals surface area contributed by atoms with Crippen molar-refractivity contribution < 1.29 is 14.3 Å². The van der Waals surface area contributed by atoms with E-state index < -0.39 is 5.24 Å². The first-order valence-electron chi connectivity index (χ1n) is 4.10. The highest BCUT2D eigenvalue weighted by Gasteiger charge is 2.26. The quantitative estimate of drug-likeness (QED) is 0.594. The van der Waals surface area contributed by atoms with Crippen LogP contribution in [0.15, 0.2) is 23.8 Å². The number of hydrogen-bond donors (Lipinski definition) is 0. The number of hydrogen-bond acceptors (Lipinski definition) is 3. The molecule has 0 spiro atoms. The van der Waals surface area contributed by atoms with Gasteiger partial charge in [0.25, 0.3) is 5.24 Å². The fourth-order valence-electron chi connectivity index (χ4n) is 1.43. The molecule has 1 aliphatic heterocycles. The Kier molecular flexibility index (Phi) is 2.49. The third-order valence-corrected chi connectivity index (χ3v) is 2.28. The molecule has 0 aromatic rings. The molecule has 2 atom stereocenters. The first kappa shape index (κ1) is 8.94. The molecule has 2 unspecified atom stereocenters. The molecule has 1 heterocycles. The molecule has 3 nitrogen and oxygen atoms in total. The highest BCUT2D eigenvalue weighted by molar-refractivity contribution is 6.68. The molecule has 4 heteroatoms. The smallest absolute Gasteiger partial charge is 0.252 e. The first-order chi connectivity index (χ1) is 6.27. The van der Waals surface area contributed by atoms with Crippen molar-refractivity contribution in [2.45, 2.75) is 12.2 Å². The second kappa shape index (κ2) is 3.62. The van der Waals surface area contributed by atoms with E-state index in [-0.39, 0.29) is 12.2 Å². The van der Waals surface area contributed by atoms with Crippen molar-refractivity contribution in [2.24, 2.45) is 0 Å². The van der Waals surface area contributed by atoms with Crippen LogP contribution in [0.1, 0.15) is 0 Å². The van der Waals surface area contributed by atoms with E-state index in [1.165, 1.54) is 0 Å². The molecule has 13 heavy (non-hydrogen) atoms.